The van der Waals surface area contributed by atoms with Gasteiger partial charge in [0.1, 0.15) is 12.4 Å². The lowest BCUT2D eigenvalue weighted by Crippen LogP contribution is -2.05. The molecule has 2 aromatic carbocycles. The maximum Gasteiger partial charge on any atom is 0.120 e. The van der Waals surface area contributed by atoms with Gasteiger partial charge in [-0.2, -0.15) is 0 Å². The van der Waals surface area contributed by atoms with Gasteiger partial charge in [0.05, 0.1) is 0 Å². The Kier molecular flexibility index (Phi) is 3.78. The lowest BCUT2D eigenvalue weighted by Gasteiger charge is -2.10. The molecule has 0 aromatic heterocycles. The molecule has 0 fully saturated rings. The van der Waals surface area contributed by atoms with Crippen molar-refractivity contribution in [3.05, 3.63) is 65.7 Å². The summed E-state index contributed by atoms with van der Waals surface area (Å²) in [7, 11) is 0. The highest BCUT2D eigenvalue weighted by atomic mass is 16.5. The second-order valence-electron chi connectivity index (χ2n) is 4.14. The molecule has 0 spiro atoms. The number of ether oxygens (including phenoxy) is 1. The molecule has 1 atom stereocenters. The maximum atomic E-state index is 5.83. The minimum atomic E-state index is 0.0373. The van der Waals surface area contributed by atoms with Gasteiger partial charge < -0.3 is 10.5 Å². The zero-order valence-electron chi connectivity index (χ0n) is 9.97. The van der Waals surface area contributed by atoms with Crippen molar-refractivity contribution in [1.82, 2.24) is 0 Å². The van der Waals surface area contributed by atoms with Gasteiger partial charge in [-0.1, -0.05) is 42.5 Å². The van der Waals surface area contributed by atoms with E-state index in [1.165, 1.54) is 5.56 Å². The SMILES string of the molecule is C[C@@H](N)c1cccc(OCc2ccccc2)c1. The van der Waals surface area contributed by atoms with E-state index in [1.54, 1.807) is 0 Å². The Hall–Kier alpha value is -1.80. The van der Waals surface area contributed by atoms with Gasteiger partial charge in [0.2, 0.25) is 0 Å². The molecule has 0 bridgehead atoms. The Labute approximate surface area is 102 Å². The molecule has 2 heteroatoms. The fourth-order valence-corrected chi connectivity index (χ4v) is 1.63. The largest absolute Gasteiger partial charge is 0.489 e. The smallest absolute Gasteiger partial charge is 0.120 e. The summed E-state index contributed by atoms with van der Waals surface area (Å²) in [5, 5.41) is 0. The summed E-state index contributed by atoms with van der Waals surface area (Å²) in [6.45, 7) is 2.56. The van der Waals surface area contributed by atoms with Gasteiger partial charge in [0.15, 0.2) is 0 Å². The van der Waals surface area contributed by atoms with Crippen LogP contribution in [-0.2, 0) is 6.61 Å². The average molecular weight is 227 g/mol. The fraction of sp³-hybridized carbons (Fsp3) is 0.200. The lowest BCUT2D eigenvalue weighted by molar-refractivity contribution is 0.306. The van der Waals surface area contributed by atoms with Crippen molar-refractivity contribution in [2.75, 3.05) is 0 Å². The summed E-state index contributed by atoms with van der Waals surface area (Å²) in [5.41, 5.74) is 8.09. The average Bonchev–Trinajstić information content (AvgIpc) is 2.38. The summed E-state index contributed by atoms with van der Waals surface area (Å²) in [5.74, 6) is 0.864. The van der Waals surface area contributed by atoms with Gasteiger partial charge in [0.25, 0.3) is 0 Å². The zero-order chi connectivity index (χ0) is 12.1. The standard InChI is InChI=1S/C15H17NO/c1-12(16)14-8-5-9-15(10-14)17-11-13-6-3-2-4-7-13/h2-10,12H,11,16H2,1H3/t12-/m1/s1. The molecule has 17 heavy (non-hydrogen) atoms. The number of rotatable bonds is 4. The van der Waals surface area contributed by atoms with Gasteiger partial charge in [-0.3, -0.25) is 0 Å². The fourth-order valence-electron chi connectivity index (χ4n) is 1.63. The predicted octanol–water partition coefficient (Wildman–Crippen LogP) is 3.29. The summed E-state index contributed by atoms with van der Waals surface area (Å²) < 4.78 is 5.73. The van der Waals surface area contributed by atoms with Crippen molar-refractivity contribution in [2.24, 2.45) is 5.73 Å². The highest BCUT2D eigenvalue weighted by Gasteiger charge is 2.01. The molecule has 0 radical (unpaired) electrons. The van der Waals surface area contributed by atoms with Crippen molar-refractivity contribution >= 4 is 0 Å². The van der Waals surface area contributed by atoms with Crippen LogP contribution < -0.4 is 10.5 Å². The van der Waals surface area contributed by atoms with Crippen LogP contribution in [0, 0.1) is 0 Å². The normalized spacial score (nSPS) is 12.1. The number of hydrogen-bond acceptors (Lipinski definition) is 2. The van der Waals surface area contributed by atoms with Crippen molar-refractivity contribution in [3.63, 3.8) is 0 Å². The molecule has 0 unspecified atom stereocenters. The van der Waals surface area contributed by atoms with Crippen molar-refractivity contribution < 1.29 is 4.74 Å². The molecular formula is C15H17NO. The van der Waals surface area contributed by atoms with Gasteiger partial charge in [-0.05, 0) is 30.2 Å². The van der Waals surface area contributed by atoms with E-state index >= 15 is 0 Å². The van der Waals surface area contributed by atoms with Crippen molar-refractivity contribution in [1.29, 1.82) is 0 Å². The van der Waals surface area contributed by atoms with Crippen LogP contribution >= 0.6 is 0 Å². The summed E-state index contributed by atoms with van der Waals surface area (Å²) in [4.78, 5) is 0. The monoisotopic (exact) mass is 227 g/mol. The van der Waals surface area contributed by atoms with Crippen LogP contribution in [0.1, 0.15) is 24.1 Å². The number of benzene rings is 2. The topological polar surface area (TPSA) is 35.2 Å². The third-order valence-corrected chi connectivity index (χ3v) is 2.63. The van der Waals surface area contributed by atoms with Gasteiger partial charge in [-0.15, -0.1) is 0 Å². The molecule has 2 nitrogen and oxygen atoms in total. The van der Waals surface area contributed by atoms with Crippen LogP contribution in [0.15, 0.2) is 54.6 Å². The van der Waals surface area contributed by atoms with Crippen LogP contribution in [0.4, 0.5) is 0 Å². The van der Waals surface area contributed by atoms with E-state index < -0.39 is 0 Å². The second kappa shape index (κ2) is 5.51. The molecule has 2 rings (SSSR count). The number of hydrogen-bond donors (Lipinski definition) is 1. The third kappa shape index (κ3) is 3.33. The highest BCUT2D eigenvalue weighted by Crippen LogP contribution is 2.18. The summed E-state index contributed by atoms with van der Waals surface area (Å²) in [6, 6.07) is 18.1. The first kappa shape index (κ1) is 11.7. The van der Waals surface area contributed by atoms with E-state index in [0.29, 0.717) is 6.61 Å². The molecular weight excluding hydrogens is 210 g/mol. The molecule has 0 heterocycles. The van der Waals surface area contributed by atoms with E-state index in [9.17, 15) is 0 Å². The minimum absolute atomic E-state index is 0.0373. The second-order valence-corrected chi connectivity index (χ2v) is 4.14. The van der Waals surface area contributed by atoms with E-state index in [1.807, 2.05) is 49.4 Å². The molecule has 0 aliphatic carbocycles. The van der Waals surface area contributed by atoms with Crippen molar-refractivity contribution in [2.45, 2.75) is 19.6 Å². The minimum Gasteiger partial charge on any atom is -0.489 e. The van der Waals surface area contributed by atoms with E-state index in [4.69, 9.17) is 10.5 Å². The van der Waals surface area contributed by atoms with Gasteiger partial charge in [-0.25, -0.2) is 0 Å². The van der Waals surface area contributed by atoms with Gasteiger partial charge >= 0.3 is 0 Å². The predicted molar refractivity (Wildman–Crippen MR) is 69.8 cm³/mol. The molecule has 0 aliphatic heterocycles. The highest BCUT2D eigenvalue weighted by molar-refractivity contribution is 5.30. The first-order chi connectivity index (χ1) is 8.25. The molecule has 0 amide bonds. The Bertz CT molecular complexity index is 465. The third-order valence-electron chi connectivity index (χ3n) is 2.63. The Morgan fingerprint density at radius 3 is 2.53 bits per heavy atom. The lowest BCUT2D eigenvalue weighted by atomic mass is 10.1. The van der Waals surface area contributed by atoms with E-state index in [0.717, 1.165) is 11.3 Å². The molecule has 2 aromatic rings. The van der Waals surface area contributed by atoms with Crippen LogP contribution in [0.25, 0.3) is 0 Å². The van der Waals surface area contributed by atoms with Crippen LogP contribution in [0.5, 0.6) is 5.75 Å². The quantitative estimate of drug-likeness (QED) is 0.870. The first-order valence-corrected chi connectivity index (χ1v) is 5.78. The number of nitrogens with two attached hydrogens (primary N) is 1. The summed E-state index contributed by atoms with van der Waals surface area (Å²) >= 11 is 0. The molecule has 0 saturated heterocycles. The van der Waals surface area contributed by atoms with E-state index in [-0.39, 0.29) is 6.04 Å². The van der Waals surface area contributed by atoms with Gasteiger partial charge in [0, 0.05) is 6.04 Å². The zero-order valence-corrected chi connectivity index (χ0v) is 9.97. The van der Waals surface area contributed by atoms with Crippen LogP contribution in [0.2, 0.25) is 0 Å². The Morgan fingerprint density at radius 2 is 1.82 bits per heavy atom. The Balaban J connectivity index is 2.02. The first-order valence-electron chi connectivity index (χ1n) is 5.78. The molecule has 88 valence electrons. The molecule has 2 N–H and O–H groups in total. The Morgan fingerprint density at radius 1 is 1.06 bits per heavy atom. The summed E-state index contributed by atoms with van der Waals surface area (Å²) in [6.07, 6.45) is 0. The van der Waals surface area contributed by atoms with Crippen LogP contribution in [-0.4, -0.2) is 0 Å². The molecule has 0 aliphatic rings. The maximum absolute atomic E-state index is 5.83. The van der Waals surface area contributed by atoms with Crippen molar-refractivity contribution in [3.8, 4) is 5.75 Å². The van der Waals surface area contributed by atoms with Crippen LogP contribution in [0.3, 0.4) is 0 Å². The molecule has 0 saturated carbocycles. The van der Waals surface area contributed by atoms with E-state index in [2.05, 4.69) is 12.1 Å².